The maximum atomic E-state index is 13.2. The second kappa shape index (κ2) is 11.9. The highest BCUT2D eigenvalue weighted by Gasteiger charge is 2.49. The van der Waals surface area contributed by atoms with Crippen molar-refractivity contribution in [3.63, 3.8) is 0 Å². The Hall–Kier alpha value is -2.16. The lowest BCUT2D eigenvalue weighted by Gasteiger charge is -2.49. The second-order valence-corrected chi connectivity index (χ2v) is 12.6. The van der Waals surface area contributed by atoms with Gasteiger partial charge < -0.3 is 14.4 Å². The Balaban J connectivity index is 1.79. The number of benzene rings is 1. The predicted octanol–water partition coefficient (Wildman–Crippen LogP) is 5.51. The highest BCUT2D eigenvalue weighted by atomic mass is 32.2. The summed E-state index contributed by atoms with van der Waals surface area (Å²) in [6, 6.07) is 10.0. The van der Waals surface area contributed by atoms with Gasteiger partial charge in [0, 0.05) is 12.0 Å². The summed E-state index contributed by atoms with van der Waals surface area (Å²) in [5.74, 6) is 0.526. The number of hydrogen-bond donors (Lipinski definition) is 1. The van der Waals surface area contributed by atoms with Crippen LogP contribution in [-0.4, -0.2) is 55.8 Å². The van der Waals surface area contributed by atoms with Crippen molar-refractivity contribution >= 4 is 16.1 Å². The molecule has 0 radical (unpaired) electrons. The Kier molecular flexibility index (Phi) is 9.41. The normalized spacial score (nSPS) is 27.3. The SMILES string of the molecule is C=CC[C@]1(NS(=O)(=O)C=C)CCCN(C(=O)OC(C)(C)C)[C@H]1COC1CCC(c2ccccc2)CC1. The van der Waals surface area contributed by atoms with Crippen LogP contribution >= 0.6 is 0 Å². The van der Waals surface area contributed by atoms with Crippen LogP contribution in [0.3, 0.4) is 0 Å². The number of carbonyl (C=O) groups excluding carboxylic acids is 1. The van der Waals surface area contributed by atoms with Crippen LogP contribution in [0.25, 0.3) is 0 Å². The van der Waals surface area contributed by atoms with E-state index >= 15 is 0 Å². The standard InChI is InChI=1S/C28H42N2O5S/c1-6-18-28(29-36(32,33)7-2)19-11-20-30(26(31)35-27(3,4)5)25(28)21-34-24-16-14-23(15-17-24)22-12-9-8-10-13-22/h6-10,12-13,23-25,29H,1-2,11,14-21H2,3-5H3/t23?,24?,25-,28-/m0/s1. The first kappa shape index (κ1) is 28.4. The third-order valence-corrected chi connectivity index (χ3v) is 8.30. The average Bonchev–Trinajstić information content (AvgIpc) is 2.83. The monoisotopic (exact) mass is 518 g/mol. The summed E-state index contributed by atoms with van der Waals surface area (Å²) in [6.45, 7) is 13.5. The smallest absolute Gasteiger partial charge is 0.410 e. The minimum absolute atomic E-state index is 0.0600. The first-order valence-corrected chi connectivity index (χ1v) is 14.5. The number of likely N-dealkylation sites (tertiary alicyclic amines) is 1. The van der Waals surface area contributed by atoms with Crippen molar-refractivity contribution in [1.82, 2.24) is 9.62 Å². The molecule has 1 aliphatic carbocycles. The highest BCUT2D eigenvalue weighted by molar-refractivity contribution is 7.92. The van der Waals surface area contributed by atoms with Crippen LogP contribution < -0.4 is 4.72 Å². The molecule has 3 rings (SSSR count). The van der Waals surface area contributed by atoms with Gasteiger partial charge in [-0.1, -0.05) is 43.0 Å². The molecular weight excluding hydrogens is 476 g/mol. The molecule has 0 spiro atoms. The zero-order chi connectivity index (χ0) is 26.4. The molecule has 1 aromatic carbocycles. The lowest BCUT2D eigenvalue weighted by molar-refractivity contribution is -0.0561. The third kappa shape index (κ3) is 7.43. The van der Waals surface area contributed by atoms with Crippen molar-refractivity contribution in [3.05, 3.63) is 60.5 Å². The minimum atomic E-state index is -3.77. The van der Waals surface area contributed by atoms with E-state index in [1.165, 1.54) is 5.56 Å². The summed E-state index contributed by atoms with van der Waals surface area (Å²) in [4.78, 5) is 14.9. The van der Waals surface area contributed by atoms with Gasteiger partial charge in [-0.25, -0.2) is 17.9 Å². The van der Waals surface area contributed by atoms with Gasteiger partial charge in [-0.05, 0) is 77.2 Å². The topological polar surface area (TPSA) is 84.9 Å². The van der Waals surface area contributed by atoms with Gasteiger partial charge in [0.25, 0.3) is 0 Å². The van der Waals surface area contributed by atoms with Crippen LogP contribution in [0.5, 0.6) is 0 Å². The summed E-state index contributed by atoms with van der Waals surface area (Å²) < 4.78 is 40.2. The molecule has 2 aliphatic rings. The van der Waals surface area contributed by atoms with Crippen LogP contribution in [0.1, 0.15) is 77.2 Å². The second-order valence-electron chi connectivity index (χ2n) is 11.0. The van der Waals surface area contributed by atoms with Crippen molar-refractivity contribution in [2.24, 2.45) is 0 Å². The number of carbonyl (C=O) groups is 1. The molecule has 1 aliphatic heterocycles. The molecule has 0 bridgehead atoms. The summed E-state index contributed by atoms with van der Waals surface area (Å²) in [6.07, 6.45) is 6.75. The minimum Gasteiger partial charge on any atom is -0.444 e. The highest BCUT2D eigenvalue weighted by Crippen LogP contribution is 2.37. The summed E-state index contributed by atoms with van der Waals surface area (Å²) in [5.41, 5.74) is -0.258. The Morgan fingerprint density at radius 3 is 2.42 bits per heavy atom. The van der Waals surface area contributed by atoms with E-state index in [-0.39, 0.29) is 12.7 Å². The number of nitrogens with one attached hydrogen (secondary N) is 1. The van der Waals surface area contributed by atoms with Gasteiger partial charge in [-0.15, -0.1) is 6.58 Å². The van der Waals surface area contributed by atoms with E-state index < -0.39 is 33.3 Å². The molecule has 8 heteroatoms. The lowest BCUT2D eigenvalue weighted by Crippen LogP contribution is -2.67. The van der Waals surface area contributed by atoms with Gasteiger partial charge in [-0.3, -0.25) is 0 Å². The number of amides is 1. The quantitative estimate of drug-likeness (QED) is 0.436. The number of sulfonamides is 1. The molecule has 0 unspecified atom stereocenters. The van der Waals surface area contributed by atoms with Crippen LogP contribution in [0.4, 0.5) is 4.79 Å². The number of piperidine rings is 1. The number of ether oxygens (including phenoxy) is 2. The summed E-state index contributed by atoms with van der Waals surface area (Å²) in [5, 5.41) is 0.910. The molecule has 36 heavy (non-hydrogen) atoms. The van der Waals surface area contributed by atoms with Gasteiger partial charge in [0.1, 0.15) is 5.60 Å². The van der Waals surface area contributed by atoms with Gasteiger partial charge in [0.2, 0.25) is 10.0 Å². The fourth-order valence-corrected chi connectivity index (χ4v) is 6.44. The average molecular weight is 519 g/mol. The van der Waals surface area contributed by atoms with Crippen molar-refractivity contribution in [1.29, 1.82) is 0 Å². The summed E-state index contributed by atoms with van der Waals surface area (Å²) >= 11 is 0. The van der Waals surface area contributed by atoms with E-state index in [0.717, 1.165) is 31.1 Å². The molecule has 0 aromatic heterocycles. The molecule has 1 aromatic rings. The molecular formula is C28H42N2O5S. The van der Waals surface area contributed by atoms with Crippen molar-refractivity contribution in [2.75, 3.05) is 13.2 Å². The van der Waals surface area contributed by atoms with Gasteiger partial charge in [0.15, 0.2) is 0 Å². The number of rotatable bonds is 9. The maximum absolute atomic E-state index is 13.2. The predicted molar refractivity (Wildman–Crippen MR) is 143 cm³/mol. The van der Waals surface area contributed by atoms with E-state index in [2.05, 4.69) is 42.1 Å². The maximum Gasteiger partial charge on any atom is 0.410 e. The van der Waals surface area contributed by atoms with Crippen molar-refractivity contribution < 1.29 is 22.7 Å². The molecule has 200 valence electrons. The third-order valence-electron chi connectivity index (χ3n) is 7.17. The van der Waals surface area contributed by atoms with E-state index in [4.69, 9.17) is 9.47 Å². The van der Waals surface area contributed by atoms with Gasteiger partial charge in [-0.2, -0.15) is 0 Å². The molecule has 1 saturated carbocycles. The van der Waals surface area contributed by atoms with Crippen molar-refractivity contribution in [3.8, 4) is 0 Å². The molecule has 1 heterocycles. The van der Waals surface area contributed by atoms with E-state index in [1.54, 1.807) is 11.0 Å². The largest absolute Gasteiger partial charge is 0.444 e. The molecule has 7 nitrogen and oxygen atoms in total. The Morgan fingerprint density at radius 2 is 1.83 bits per heavy atom. The lowest BCUT2D eigenvalue weighted by atomic mass is 9.79. The number of nitrogens with zero attached hydrogens (tertiary/aromatic N) is 1. The summed E-state index contributed by atoms with van der Waals surface area (Å²) in [7, 11) is -3.77. The Bertz CT molecular complexity index is 997. The zero-order valence-corrected chi connectivity index (χ0v) is 22.8. The molecule has 1 N–H and O–H groups in total. The van der Waals surface area contributed by atoms with Crippen LogP contribution in [0, 0.1) is 0 Å². The van der Waals surface area contributed by atoms with E-state index in [1.807, 2.05) is 26.8 Å². The first-order valence-electron chi connectivity index (χ1n) is 12.9. The first-order chi connectivity index (χ1) is 17.0. The molecule has 2 atom stereocenters. The van der Waals surface area contributed by atoms with Gasteiger partial charge >= 0.3 is 6.09 Å². The van der Waals surface area contributed by atoms with Crippen LogP contribution in [-0.2, 0) is 19.5 Å². The molecule has 1 amide bonds. The number of hydrogen-bond acceptors (Lipinski definition) is 5. The fourth-order valence-electron chi connectivity index (χ4n) is 5.47. The Labute approximate surface area is 217 Å². The Morgan fingerprint density at radius 1 is 1.17 bits per heavy atom. The zero-order valence-electron chi connectivity index (χ0n) is 21.9. The van der Waals surface area contributed by atoms with Crippen LogP contribution in [0.2, 0.25) is 0 Å². The molecule has 1 saturated heterocycles. The molecule has 2 fully saturated rings. The fraction of sp³-hybridized carbons (Fsp3) is 0.607. The van der Waals surface area contributed by atoms with E-state index in [9.17, 15) is 13.2 Å². The van der Waals surface area contributed by atoms with Crippen molar-refractivity contribution in [2.45, 2.75) is 94.9 Å². The van der Waals surface area contributed by atoms with E-state index in [0.29, 0.717) is 31.7 Å². The van der Waals surface area contributed by atoms with Gasteiger partial charge in [0.05, 0.1) is 24.3 Å². The van der Waals surface area contributed by atoms with Crippen LogP contribution in [0.15, 0.2) is 55.0 Å².